The number of halogens is 1. The topological polar surface area (TPSA) is 64.1 Å². The first-order valence-corrected chi connectivity index (χ1v) is 9.26. The summed E-state index contributed by atoms with van der Waals surface area (Å²) in [6, 6.07) is 7.32. The van der Waals surface area contributed by atoms with E-state index in [9.17, 15) is 4.79 Å². The third-order valence-corrected chi connectivity index (χ3v) is 5.04. The van der Waals surface area contributed by atoms with Crippen LogP contribution in [0.3, 0.4) is 0 Å². The Morgan fingerprint density at radius 3 is 2.85 bits per heavy atom. The van der Waals surface area contributed by atoms with Gasteiger partial charge < -0.3 is 10.1 Å². The van der Waals surface area contributed by atoms with Gasteiger partial charge in [0.15, 0.2) is 0 Å². The molecule has 0 unspecified atom stereocenters. The molecule has 1 aromatic carbocycles. The number of hydrogen-bond donors (Lipinski definition) is 1. The van der Waals surface area contributed by atoms with E-state index >= 15 is 0 Å². The van der Waals surface area contributed by atoms with Gasteiger partial charge in [-0.15, -0.1) is 11.3 Å². The number of rotatable bonds is 5. The Morgan fingerprint density at radius 1 is 1.35 bits per heavy atom. The van der Waals surface area contributed by atoms with E-state index in [4.69, 9.17) is 16.3 Å². The number of amides is 1. The largest absolute Gasteiger partial charge is 0.437 e. The number of carbonyl (C=O) groups excluding carboxylic acids is 1. The Kier molecular flexibility index (Phi) is 5.54. The highest BCUT2D eigenvalue weighted by Gasteiger charge is 2.11. The normalized spacial score (nSPS) is 12.5. The summed E-state index contributed by atoms with van der Waals surface area (Å²) in [4.78, 5) is 19.7. The molecule has 0 bridgehead atoms. The number of hydrogen-bond acceptors (Lipinski definition) is 5. The van der Waals surface area contributed by atoms with Crippen molar-refractivity contribution in [2.75, 3.05) is 0 Å². The fraction of sp³-hybridized carbons (Fsp3) is 0.211. The molecule has 1 amide bonds. The average molecular weight is 388 g/mol. The van der Waals surface area contributed by atoms with Gasteiger partial charge in [-0.25, -0.2) is 9.97 Å². The van der Waals surface area contributed by atoms with Crippen LogP contribution in [0.2, 0.25) is 5.02 Å². The Bertz CT molecular complexity index is 967. The number of aryl methyl sites for hydroxylation is 1. The van der Waals surface area contributed by atoms with Crippen molar-refractivity contribution in [2.45, 2.75) is 26.8 Å². The third kappa shape index (κ3) is 4.39. The van der Waals surface area contributed by atoms with E-state index in [2.05, 4.69) is 15.3 Å². The molecule has 0 radical (unpaired) electrons. The Hall–Kier alpha value is -2.44. The number of nitrogens with zero attached hydrogens (tertiary/aromatic N) is 2. The molecule has 0 fully saturated rings. The monoisotopic (exact) mass is 387 g/mol. The summed E-state index contributed by atoms with van der Waals surface area (Å²) in [5.74, 6) is 0.950. The van der Waals surface area contributed by atoms with Crippen LogP contribution in [0.1, 0.15) is 24.4 Å². The van der Waals surface area contributed by atoms with E-state index in [1.165, 1.54) is 18.3 Å². The zero-order valence-electron chi connectivity index (χ0n) is 14.6. The van der Waals surface area contributed by atoms with Crippen LogP contribution >= 0.6 is 22.9 Å². The molecule has 0 aliphatic heterocycles. The highest BCUT2D eigenvalue weighted by molar-refractivity contribution is 7.19. The molecular formula is C19H18ClN3O2S. The maximum atomic E-state index is 11.0. The van der Waals surface area contributed by atoms with Gasteiger partial charge in [0.05, 0.1) is 15.2 Å². The Balaban J connectivity index is 1.72. The molecule has 0 spiro atoms. The maximum Gasteiger partial charge on any atom is 0.219 e. The van der Waals surface area contributed by atoms with E-state index in [1.807, 2.05) is 38.1 Å². The van der Waals surface area contributed by atoms with Crippen molar-refractivity contribution in [3.8, 4) is 11.6 Å². The first-order valence-electron chi connectivity index (χ1n) is 8.07. The third-order valence-electron chi connectivity index (χ3n) is 3.55. The summed E-state index contributed by atoms with van der Waals surface area (Å²) in [6.45, 7) is 5.35. The van der Waals surface area contributed by atoms with Crippen LogP contribution in [0.15, 0.2) is 36.5 Å². The number of carbonyl (C=O) groups is 1. The molecule has 26 heavy (non-hydrogen) atoms. The van der Waals surface area contributed by atoms with Crippen molar-refractivity contribution >= 4 is 45.1 Å². The second-order valence-electron chi connectivity index (χ2n) is 5.84. The van der Waals surface area contributed by atoms with Crippen molar-refractivity contribution < 1.29 is 9.53 Å². The van der Waals surface area contributed by atoms with E-state index in [1.54, 1.807) is 18.3 Å². The van der Waals surface area contributed by atoms with Gasteiger partial charge in [0, 0.05) is 25.2 Å². The molecule has 1 N–H and O–H groups in total. The quantitative estimate of drug-likeness (QED) is 0.670. The minimum absolute atomic E-state index is 0.0446. The number of benzene rings is 1. The van der Waals surface area contributed by atoms with Crippen LogP contribution in [0.5, 0.6) is 11.6 Å². The van der Waals surface area contributed by atoms with Gasteiger partial charge in [-0.3, -0.25) is 4.79 Å². The number of ether oxygens (including phenoxy) is 1. The Morgan fingerprint density at radius 2 is 2.15 bits per heavy atom. The van der Waals surface area contributed by atoms with Gasteiger partial charge in [0.25, 0.3) is 0 Å². The predicted molar refractivity (Wildman–Crippen MR) is 106 cm³/mol. The van der Waals surface area contributed by atoms with Crippen molar-refractivity contribution in [3.05, 3.63) is 52.1 Å². The predicted octanol–water partition coefficient (Wildman–Crippen LogP) is 4.98. The molecule has 0 saturated heterocycles. The van der Waals surface area contributed by atoms with Crippen molar-refractivity contribution in [3.63, 3.8) is 0 Å². The zero-order chi connectivity index (χ0) is 18.7. The lowest BCUT2D eigenvalue weighted by Gasteiger charge is -2.08. The van der Waals surface area contributed by atoms with Crippen LogP contribution in [0.25, 0.3) is 16.3 Å². The van der Waals surface area contributed by atoms with Gasteiger partial charge in [-0.05, 0) is 37.6 Å². The molecular weight excluding hydrogens is 370 g/mol. The molecule has 2 heterocycles. The lowest BCUT2D eigenvalue weighted by Crippen LogP contribution is -2.28. The second-order valence-corrected chi connectivity index (χ2v) is 7.42. The van der Waals surface area contributed by atoms with Crippen LogP contribution in [0, 0.1) is 6.92 Å². The fourth-order valence-corrected chi connectivity index (χ4v) is 3.58. The number of aromatic nitrogens is 2. The molecule has 3 aromatic rings. The summed E-state index contributed by atoms with van der Waals surface area (Å²) < 4.78 is 6.72. The van der Waals surface area contributed by atoms with Crippen molar-refractivity contribution in [1.82, 2.24) is 15.3 Å². The molecule has 7 heteroatoms. The van der Waals surface area contributed by atoms with Gasteiger partial charge in [0.2, 0.25) is 11.8 Å². The number of fused-ring (bicyclic) bond motifs is 1. The summed E-state index contributed by atoms with van der Waals surface area (Å²) in [7, 11) is 0. The maximum absolute atomic E-state index is 11.0. The molecule has 1 atom stereocenters. The van der Waals surface area contributed by atoms with E-state index in [0.29, 0.717) is 16.7 Å². The van der Waals surface area contributed by atoms with Crippen LogP contribution in [0.4, 0.5) is 0 Å². The Labute approximate surface area is 160 Å². The van der Waals surface area contributed by atoms with Crippen LogP contribution < -0.4 is 10.1 Å². The van der Waals surface area contributed by atoms with Crippen molar-refractivity contribution in [2.24, 2.45) is 0 Å². The van der Waals surface area contributed by atoms with Gasteiger partial charge >= 0.3 is 0 Å². The molecule has 0 aliphatic carbocycles. The zero-order valence-corrected chi connectivity index (χ0v) is 16.2. The number of pyridine rings is 1. The van der Waals surface area contributed by atoms with Crippen molar-refractivity contribution in [1.29, 1.82) is 0 Å². The number of thiazole rings is 1. The summed E-state index contributed by atoms with van der Waals surface area (Å²) in [6.07, 6.45) is 5.50. The fourth-order valence-electron chi connectivity index (χ4n) is 2.42. The van der Waals surface area contributed by atoms with E-state index in [0.717, 1.165) is 20.8 Å². The lowest BCUT2D eigenvalue weighted by atomic mass is 10.2. The summed E-state index contributed by atoms with van der Waals surface area (Å²) >= 11 is 7.97. The molecule has 2 aromatic heterocycles. The summed E-state index contributed by atoms with van der Waals surface area (Å²) in [5.41, 5.74) is 1.78. The smallest absolute Gasteiger partial charge is 0.219 e. The lowest BCUT2D eigenvalue weighted by molar-refractivity contribution is -0.119. The van der Waals surface area contributed by atoms with Gasteiger partial charge in [0.1, 0.15) is 10.8 Å². The second kappa shape index (κ2) is 7.85. The highest BCUT2D eigenvalue weighted by Crippen LogP contribution is 2.37. The average Bonchev–Trinajstić information content (AvgIpc) is 2.97. The van der Waals surface area contributed by atoms with Crippen LogP contribution in [-0.4, -0.2) is 21.9 Å². The minimum atomic E-state index is -0.0611. The molecule has 0 saturated carbocycles. The molecule has 134 valence electrons. The SMILES string of the molecule is CC(=O)N[C@@H](C)/C=C/c1ccc(Oc2ccc3nc(C)sc3c2Cl)nc1. The minimum Gasteiger partial charge on any atom is -0.437 e. The first-order chi connectivity index (χ1) is 12.4. The number of nitrogens with one attached hydrogen (secondary N) is 1. The van der Waals surface area contributed by atoms with E-state index < -0.39 is 0 Å². The van der Waals surface area contributed by atoms with Gasteiger partial charge in [-0.2, -0.15) is 0 Å². The molecule has 0 aliphatic rings. The van der Waals surface area contributed by atoms with Gasteiger partial charge in [-0.1, -0.05) is 23.8 Å². The molecule has 5 nitrogen and oxygen atoms in total. The highest BCUT2D eigenvalue weighted by atomic mass is 35.5. The van der Waals surface area contributed by atoms with E-state index in [-0.39, 0.29) is 11.9 Å². The standard InChI is InChI=1S/C19H18ClN3O2S/c1-11(22-12(2)24)4-5-14-6-9-17(21-10-14)25-16-8-7-15-19(18(16)20)26-13(3)23-15/h4-11H,1-3H3,(H,22,24)/b5-4+/t11-/m0/s1. The first kappa shape index (κ1) is 18.4. The summed E-state index contributed by atoms with van der Waals surface area (Å²) in [5, 5.41) is 4.29. The van der Waals surface area contributed by atoms with Crippen LogP contribution in [-0.2, 0) is 4.79 Å². The molecule has 3 rings (SSSR count).